The standard InChI is InChI=1S/C25H18FN3O6S/c26-18-7-10-20(11-8-18)28(36(34)35)23-15-19(9-13-24(23)30)27-25(31)17-6-12-21(22(14-17)29(32)33)16-4-2-1-3-5-16/h1-15,30H,(H,27,31)(H,34,35)/p-1. The van der Waals surface area contributed by atoms with Crippen LogP contribution < -0.4 is 9.62 Å². The summed E-state index contributed by atoms with van der Waals surface area (Å²) < 4.78 is 37.8. The van der Waals surface area contributed by atoms with E-state index in [4.69, 9.17) is 0 Å². The molecule has 0 saturated carbocycles. The second-order valence-electron chi connectivity index (χ2n) is 7.50. The first-order valence-corrected chi connectivity index (χ1v) is 11.4. The number of carbonyl (C=O) groups excluding carboxylic acids is 1. The molecule has 0 spiro atoms. The maximum atomic E-state index is 13.3. The molecule has 0 bridgehead atoms. The van der Waals surface area contributed by atoms with E-state index in [0.29, 0.717) is 11.1 Å². The van der Waals surface area contributed by atoms with Gasteiger partial charge in [0.1, 0.15) is 11.6 Å². The molecule has 0 aliphatic carbocycles. The number of phenols is 1. The zero-order chi connectivity index (χ0) is 25.8. The predicted molar refractivity (Wildman–Crippen MR) is 132 cm³/mol. The van der Waals surface area contributed by atoms with Gasteiger partial charge in [-0.3, -0.25) is 23.4 Å². The minimum Gasteiger partial charge on any atom is -0.755 e. The van der Waals surface area contributed by atoms with E-state index in [1.54, 1.807) is 30.3 Å². The van der Waals surface area contributed by atoms with Crippen molar-refractivity contribution in [2.45, 2.75) is 0 Å². The highest BCUT2D eigenvalue weighted by Gasteiger charge is 2.20. The van der Waals surface area contributed by atoms with Crippen molar-refractivity contribution in [2.75, 3.05) is 9.62 Å². The first-order valence-electron chi connectivity index (χ1n) is 10.4. The molecule has 11 heteroatoms. The van der Waals surface area contributed by atoms with Crippen LogP contribution in [-0.4, -0.2) is 24.7 Å². The zero-order valence-electron chi connectivity index (χ0n) is 18.3. The first kappa shape index (κ1) is 24.5. The monoisotopic (exact) mass is 506 g/mol. The van der Waals surface area contributed by atoms with E-state index in [2.05, 4.69) is 5.32 Å². The highest BCUT2D eigenvalue weighted by molar-refractivity contribution is 7.81. The van der Waals surface area contributed by atoms with E-state index in [-0.39, 0.29) is 28.3 Å². The Labute approximate surface area is 207 Å². The largest absolute Gasteiger partial charge is 0.755 e. The summed E-state index contributed by atoms with van der Waals surface area (Å²) in [5.41, 5.74) is 0.667. The summed E-state index contributed by atoms with van der Waals surface area (Å²) in [5, 5.41) is 24.5. The van der Waals surface area contributed by atoms with Crippen molar-refractivity contribution >= 4 is 39.9 Å². The van der Waals surface area contributed by atoms with E-state index in [9.17, 15) is 33.2 Å². The molecule has 4 aromatic rings. The molecule has 1 unspecified atom stereocenters. The van der Waals surface area contributed by atoms with Crippen LogP contribution in [-0.2, 0) is 11.3 Å². The Morgan fingerprint density at radius 1 is 0.972 bits per heavy atom. The molecule has 0 radical (unpaired) electrons. The lowest BCUT2D eigenvalue weighted by atomic mass is 10.0. The molecule has 2 N–H and O–H groups in total. The van der Waals surface area contributed by atoms with Crippen molar-refractivity contribution in [1.82, 2.24) is 0 Å². The van der Waals surface area contributed by atoms with Gasteiger partial charge in [-0.05, 0) is 60.2 Å². The van der Waals surface area contributed by atoms with E-state index < -0.39 is 33.7 Å². The van der Waals surface area contributed by atoms with Crippen LogP contribution >= 0.6 is 0 Å². The number of rotatable bonds is 7. The summed E-state index contributed by atoms with van der Waals surface area (Å²) >= 11 is -2.90. The smallest absolute Gasteiger partial charge is 0.277 e. The highest BCUT2D eigenvalue weighted by atomic mass is 32.2. The van der Waals surface area contributed by atoms with Gasteiger partial charge in [-0.2, -0.15) is 0 Å². The van der Waals surface area contributed by atoms with Gasteiger partial charge in [-0.1, -0.05) is 30.3 Å². The summed E-state index contributed by atoms with van der Waals surface area (Å²) in [4.78, 5) is 24.0. The van der Waals surface area contributed by atoms with Crippen LogP contribution in [0.25, 0.3) is 11.1 Å². The van der Waals surface area contributed by atoms with Crippen LogP contribution in [0.4, 0.5) is 27.1 Å². The van der Waals surface area contributed by atoms with Crippen molar-refractivity contribution in [3.05, 3.63) is 112 Å². The van der Waals surface area contributed by atoms with Gasteiger partial charge < -0.3 is 15.0 Å². The molecule has 0 heterocycles. The lowest BCUT2D eigenvalue weighted by Gasteiger charge is -2.27. The van der Waals surface area contributed by atoms with Crippen molar-refractivity contribution in [1.29, 1.82) is 0 Å². The van der Waals surface area contributed by atoms with Crippen LogP contribution in [0, 0.1) is 15.9 Å². The third kappa shape index (κ3) is 5.22. The SMILES string of the molecule is O=C(Nc1ccc(O)c(N(c2ccc(F)cc2)S(=O)[O-])c1)c1ccc(-c2ccccc2)c([N+](=O)[O-])c1. The number of nitro benzene ring substituents is 1. The van der Waals surface area contributed by atoms with Crippen LogP contribution in [0.2, 0.25) is 0 Å². The molecule has 1 atom stereocenters. The van der Waals surface area contributed by atoms with Gasteiger partial charge in [0.2, 0.25) is 0 Å². The molecule has 1 amide bonds. The van der Waals surface area contributed by atoms with Gasteiger partial charge >= 0.3 is 0 Å². The van der Waals surface area contributed by atoms with E-state index in [1.165, 1.54) is 42.5 Å². The topological polar surface area (TPSA) is 136 Å². The Kier molecular flexibility index (Phi) is 7.04. The predicted octanol–water partition coefficient (Wildman–Crippen LogP) is 5.29. The number of aromatic hydroxyl groups is 1. The number of halogens is 1. The Bertz CT molecular complexity index is 1460. The molecule has 4 rings (SSSR count). The van der Waals surface area contributed by atoms with Gasteiger partial charge in [-0.25, -0.2) is 4.39 Å². The second kappa shape index (κ2) is 10.3. The number of hydrogen-bond acceptors (Lipinski definition) is 6. The van der Waals surface area contributed by atoms with E-state index in [1.807, 2.05) is 0 Å². The average molecular weight is 506 g/mol. The first-order chi connectivity index (χ1) is 17.2. The maximum absolute atomic E-state index is 13.3. The molecule has 0 aliphatic heterocycles. The quantitative estimate of drug-likeness (QED) is 0.151. The molecule has 4 aromatic carbocycles. The maximum Gasteiger partial charge on any atom is 0.277 e. The van der Waals surface area contributed by atoms with Gasteiger partial charge in [0, 0.05) is 17.3 Å². The average Bonchev–Trinajstić information content (AvgIpc) is 2.87. The van der Waals surface area contributed by atoms with Crippen LogP contribution in [0.3, 0.4) is 0 Å². The number of hydrogen-bond donors (Lipinski definition) is 2. The molecular formula is C25H17FN3O6S-. The van der Waals surface area contributed by atoms with Crippen molar-refractivity contribution in [3.63, 3.8) is 0 Å². The van der Waals surface area contributed by atoms with E-state index in [0.717, 1.165) is 22.5 Å². The zero-order valence-corrected chi connectivity index (χ0v) is 19.1. The molecule has 182 valence electrons. The Balaban J connectivity index is 1.65. The van der Waals surface area contributed by atoms with Gasteiger partial charge in [0.25, 0.3) is 11.6 Å². The van der Waals surface area contributed by atoms with Gasteiger partial charge in [0.15, 0.2) is 0 Å². The van der Waals surface area contributed by atoms with Crippen molar-refractivity contribution in [2.24, 2.45) is 0 Å². The van der Waals surface area contributed by atoms with Crippen LogP contribution in [0.1, 0.15) is 10.4 Å². The van der Waals surface area contributed by atoms with Crippen molar-refractivity contribution < 1.29 is 28.0 Å². The Morgan fingerprint density at radius 3 is 2.31 bits per heavy atom. The molecule has 0 aromatic heterocycles. The minimum atomic E-state index is -2.90. The number of phenolic OH excluding ortho intramolecular Hbond substituents is 1. The molecule has 0 fully saturated rings. The summed E-state index contributed by atoms with van der Waals surface area (Å²) in [6.45, 7) is 0. The number of nitro groups is 1. The number of amides is 1. The van der Waals surface area contributed by atoms with Crippen molar-refractivity contribution in [3.8, 4) is 16.9 Å². The third-order valence-corrected chi connectivity index (χ3v) is 5.91. The highest BCUT2D eigenvalue weighted by Crippen LogP contribution is 2.37. The number of nitrogens with zero attached hydrogens (tertiary/aromatic N) is 2. The lowest BCUT2D eigenvalue weighted by molar-refractivity contribution is -0.384. The molecule has 0 aliphatic rings. The Hall–Kier alpha value is -4.61. The number of nitrogens with one attached hydrogen (secondary N) is 1. The molecule has 9 nitrogen and oxygen atoms in total. The Morgan fingerprint density at radius 2 is 1.67 bits per heavy atom. The normalized spacial score (nSPS) is 11.5. The van der Waals surface area contributed by atoms with E-state index >= 15 is 0 Å². The fourth-order valence-electron chi connectivity index (χ4n) is 3.53. The lowest BCUT2D eigenvalue weighted by Crippen LogP contribution is -2.20. The molecular weight excluding hydrogens is 489 g/mol. The number of anilines is 3. The summed E-state index contributed by atoms with van der Waals surface area (Å²) in [6.07, 6.45) is 0. The minimum absolute atomic E-state index is 0.00111. The third-order valence-electron chi connectivity index (χ3n) is 5.20. The second-order valence-corrected chi connectivity index (χ2v) is 8.30. The van der Waals surface area contributed by atoms with Gasteiger partial charge in [-0.15, -0.1) is 0 Å². The number of carbonyl (C=O) groups is 1. The molecule has 0 saturated heterocycles. The summed E-state index contributed by atoms with van der Waals surface area (Å²) in [5.74, 6) is -1.68. The van der Waals surface area contributed by atoms with Gasteiger partial charge in [0.05, 0.1) is 33.1 Å². The summed E-state index contributed by atoms with van der Waals surface area (Å²) in [7, 11) is 0. The molecule has 36 heavy (non-hydrogen) atoms. The number of benzene rings is 4. The van der Waals surface area contributed by atoms with Crippen LogP contribution in [0.15, 0.2) is 91.0 Å². The fourth-order valence-corrected chi connectivity index (χ4v) is 4.14. The summed E-state index contributed by atoms with van der Waals surface area (Å²) in [6, 6.07) is 21.0. The van der Waals surface area contributed by atoms with Crippen LogP contribution in [0.5, 0.6) is 5.75 Å². The fraction of sp³-hybridized carbons (Fsp3) is 0.